The third kappa shape index (κ3) is 3.60. The zero-order valence-electron chi connectivity index (χ0n) is 13.2. The van der Waals surface area contributed by atoms with Crippen LogP contribution in [0.5, 0.6) is 0 Å². The van der Waals surface area contributed by atoms with Crippen molar-refractivity contribution < 1.29 is 0 Å². The average Bonchev–Trinajstić information content (AvgIpc) is 2.47. The number of piperazine rings is 1. The summed E-state index contributed by atoms with van der Waals surface area (Å²) >= 11 is 0. The Hall–Kier alpha value is -1.36. The van der Waals surface area contributed by atoms with Crippen LogP contribution in [0.1, 0.15) is 33.5 Å². The summed E-state index contributed by atoms with van der Waals surface area (Å²) in [5, 5.41) is 3.30. The van der Waals surface area contributed by atoms with Crippen LogP contribution in [-0.2, 0) is 6.42 Å². The summed E-state index contributed by atoms with van der Waals surface area (Å²) < 4.78 is 0. The zero-order valence-corrected chi connectivity index (χ0v) is 13.2. The number of aryl methyl sites for hydroxylation is 1. The van der Waals surface area contributed by atoms with Crippen molar-refractivity contribution in [1.82, 2.24) is 14.9 Å². The molecule has 2 heterocycles. The minimum Gasteiger partial charge on any atom is -0.370 e. The van der Waals surface area contributed by atoms with Crippen molar-refractivity contribution in [3.8, 4) is 0 Å². The quantitative estimate of drug-likeness (QED) is 0.892. The number of anilines is 2. The number of nitrogens with zero attached hydrogens (tertiary/aromatic N) is 4. The van der Waals surface area contributed by atoms with Gasteiger partial charge in [0.25, 0.3) is 0 Å². The average molecular weight is 277 g/mol. The van der Waals surface area contributed by atoms with E-state index in [4.69, 9.17) is 0 Å². The Morgan fingerprint density at radius 1 is 1.15 bits per heavy atom. The molecule has 112 valence electrons. The summed E-state index contributed by atoms with van der Waals surface area (Å²) in [6.45, 7) is 13.9. The molecule has 1 aliphatic heterocycles. The molecule has 2 rings (SSSR count). The molecule has 1 aromatic rings. The predicted molar refractivity (Wildman–Crippen MR) is 84.5 cm³/mol. The number of aromatic nitrogens is 2. The van der Waals surface area contributed by atoms with Gasteiger partial charge in [-0.3, -0.25) is 4.90 Å². The molecule has 0 saturated carbocycles. The summed E-state index contributed by atoms with van der Waals surface area (Å²) in [5.74, 6) is 2.93. The Bertz CT molecular complexity index is 424. The Labute approximate surface area is 122 Å². The maximum atomic E-state index is 4.68. The molecule has 0 unspecified atom stereocenters. The van der Waals surface area contributed by atoms with Crippen molar-refractivity contribution in [2.45, 2.75) is 40.2 Å². The largest absolute Gasteiger partial charge is 0.370 e. The van der Waals surface area contributed by atoms with E-state index in [1.807, 2.05) is 0 Å². The molecule has 1 aliphatic rings. The molecule has 5 nitrogen and oxygen atoms in total. The van der Waals surface area contributed by atoms with Crippen LogP contribution in [-0.4, -0.2) is 53.6 Å². The normalized spacial score (nSPS) is 16.8. The molecule has 0 radical (unpaired) electrons. The number of nitrogens with one attached hydrogen (secondary N) is 1. The lowest BCUT2D eigenvalue weighted by atomic mass is 10.2. The maximum absolute atomic E-state index is 4.68. The third-order valence-corrected chi connectivity index (χ3v) is 3.80. The van der Waals surface area contributed by atoms with Gasteiger partial charge < -0.3 is 10.2 Å². The first-order valence-electron chi connectivity index (χ1n) is 7.74. The SMILES string of the molecule is CCNc1cc(N2CCN(C(C)C)CC2)nc(CC)n1. The van der Waals surface area contributed by atoms with Gasteiger partial charge >= 0.3 is 0 Å². The second kappa shape index (κ2) is 6.88. The first-order chi connectivity index (χ1) is 9.63. The van der Waals surface area contributed by atoms with Gasteiger partial charge in [0, 0.05) is 51.3 Å². The topological polar surface area (TPSA) is 44.3 Å². The van der Waals surface area contributed by atoms with Gasteiger partial charge in [-0.25, -0.2) is 9.97 Å². The van der Waals surface area contributed by atoms with Gasteiger partial charge in [-0.2, -0.15) is 0 Å². The van der Waals surface area contributed by atoms with Gasteiger partial charge in [-0.05, 0) is 20.8 Å². The lowest BCUT2D eigenvalue weighted by molar-refractivity contribution is 0.209. The van der Waals surface area contributed by atoms with Crippen LogP contribution in [0, 0.1) is 0 Å². The summed E-state index contributed by atoms with van der Waals surface area (Å²) in [6, 6.07) is 2.71. The Balaban J connectivity index is 2.10. The summed E-state index contributed by atoms with van der Waals surface area (Å²) in [6.07, 6.45) is 0.873. The second-order valence-corrected chi connectivity index (χ2v) is 5.53. The van der Waals surface area contributed by atoms with Gasteiger partial charge in [0.15, 0.2) is 0 Å². The fraction of sp³-hybridized carbons (Fsp3) is 0.733. The molecule has 0 aromatic carbocycles. The highest BCUT2D eigenvalue weighted by Crippen LogP contribution is 2.18. The smallest absolute Gasteiger partial charge is 0.134 e. The fourth-order valence-electron chi connectivity index (χ4n) is 2.54. The van der Waals surface area contributed by atoms with E-state index in [0.29, 0.717) is 6.04 Å². The van der Waals surface area contributed by atoms with Crippen LogP contribution >= 0.6 is 0 Å². The van der Waals surface area contributed by atoms with E-state index in [1.54, 1.807) is 0 Å². The van der Waals surface area contributed by atoms with E-state index in [-0.39, 0.29) is 0 Å². The van der Waals surface area contributed by atoms with Crippen molar-refractivity contribution in [3.63, 3.8) is 0 Å². The maximum Gasteiger partial charge on any atom is 0.134 e. The van der Waals surface area contributed by atoms with E-state index in [2.05, 4.69) is 58.8 Å². The highest BCUT2D eigenvalue weighted by atomic mass is 15.3. The van der Waals surface area contributed by atoms with Crippen molar-refractivity contribution in [1.29, 1.82) is 0 Å². The first kappa shape index (κ1) is 15.0. The van der Waals surface area contributed by atoms with Crippen LogP contribution in [0.2, 0.25) is 0 Å². The van der Waals surface area contributed by atoms with Gasteiger partial charge in [0.1, 0.15) is 17.5 Å². The molecular weight excluding hydrogens is 250 g/mol. The molecule has 1 N–H and O–H groups in total. The zero-order chi connectivity index (χ0) is 14.5. The highest BCUT2D eigenvalue weighted by Gasteiger charge is 2.20. The fourth-order valence-corrected chi connectivity index (χ4v) is 2.54. The van der Waals surface area contributed by atoms with Crippen LogP contribution in [0.25, 0.3) is 0 Å². The van der Waals surface area contributed by atoms with E-state index in [0.717, 1.165) is 56.6 Å². The van der Waals surface area contributed by atoms with Crippen molar-refractivity contribution >= 4 is 11.6 Å². The predicted octanol–water partition coefficient (Wildman–Crippen LogP) is 2.00. The highest BCUT2D eigenvalue weighted by molar-refractivity contribution is 5.49. The van der Waals surface area contributed by atoms with Crippen LogP contribution in [0.4, 0.5) is 11.6 Å². The van der Waals surface area contributed by atoms with E-state index in [1.165, 1.54) is 0 Å². The molecule has 0 aliphatic carbocycles. The van der Waals surface area contributed by atoms with Crippen LogP contribution in [0.15, 0.2) is 6.07 Å². The van der Waals surface area contributed by atoms with Crippen LogP contribution in [0.3, 0.4) is 0 Å². The summed E-state index contributed by atoms with van der Waals surface area (Å²) in [7, 11) is 0. The van der Waals surface area contributed by atoms with Crippen LogP contribution < -0.4 is 10.2 Å². The first-order valence-corrected chi connectivity index (χ1v) is 7.74. The minimum absolute atomic E-state index is 0.631. The number of hydrogen-bond acceptors (Lipinski definition) is 5. The number of hydrogen-bond donors (Lipinski definition) is 1. The molecule has 1 fully saturated rings. The van der Waals surface area contributed by atoms with Crippen molar-refractivity contribution in [2.24, 2.45) is 0 Å². The molecule has 20 heavy (non-hydrogen) atoms. The lowest BCUT2D eigenvalue weighted by Crippen LogP contribution is -2.49. The molecule has 0 amide bonds. The molecule has 0 spiro atoms. The van der Waals surface area contributed by atoms with Gasteiger partial charge in [-0.1, -0.05) is 6.92 Å². The standard InChI is InChI=1S/C15H27N5/c1-5-13-17-14(16-6-2)11-15(18-13)20-9-7-19(8-10-20)12(3)4/h11-12H,5-10H2,1-4H3,(H,16,17,18). The second-order valence-electron chi connectivity index (χ2n) is 5.53. The monoisotopic (exact) mass is 277 g/mol. The molecule has 5 heteroatoms. The summed E-state index contributed by atoms with van der Waals surface area (Å²) in [5.41, 5.74) is 0. The molecular formula is C15H27N5. The van der Waals surface area contributed by atoms with Gasteiger partial charge in [-0.15, -0.1) is 0 Å². The molecule has 1 saturated heterocycles. The van der Waals surface area contributed by atoms with Crippen molar-refractivity contribution in [2.75, 3.05) is 42.9 Å². The molecule has 0 bridgehead atoms. The Morgan fingerprint density at radius 2 is 1.85 bits per heavy atom. The lowest BCUT2D eigenvalue weighted by Gasteiger charge is -2.37. The molecule has 1 aromatic heterocycles. The number of rotatable bonds is 5. The van der Waals surface area contributed by atoms with E-state index < -0.39 is 0 Å². The molecule has 0 atom stereocenters. The van der Waals surface area contributed by atoms with E-state index >= 15 is 0 Å². The Kier molecular flexibility index (Phi) is 5.17. The van der Waals surface area contributed by atoms with Gasteiger partial charge in [0.05, 0.1) is 0 Å². The summed E-state index contributed by atoms with van der Waals surface area (Å²) in [4.78, 5) is 14.1. The third-order valence-electron chi connectivity index (χ3n) is 3.80. The van der Waals surface area contributed by atoms with Gasteiger partial charge in [0.2, 0.25) is 0 Å². The van der Waals surface area contributed by atoms with E-state index in [9.17, 15) is 0 Å². The van der Waals surface area contributed by atoms with Crippen molar-refractivity contribution in [3.05, 3.63) is 11.9 Å². The minimum atomic E-state index is 0.631. The Morgan fingerprint density at radius 3 is 2.40 bits per heavy atom.